The van der Waals surface area contributed by atoms with E-state index in [0.717, 1.165) is 26.0 Å². The van der Waals surface area contributed by atoms with Crippen molar-refractivity contribution in [2.24, 2.45) is 0 Å². The molecule has 0 fully saturated rings. The predicted molar refractivity (Wildman–Crippen MR) is 77.4 cm³/mol. The van der Waals surface area contributed by atoms with Gasteiger partial charge in [-0.25, -0.2) is 4.79 Å². The zero-order valence-electron chi connectivity index (χ0n) is 13.2. The molecular formula is C14H30N2O3. The van der Waals surface area contributed by atoms with Gasteiger partial charge in [-0.15, -0.1) is 0 Å². The van der Waals surface area contributed by atoms with E-state index < -0.39 is 5.60 Å². The first-order chi connectivity index (χ1) is 8.78. The van der Waals surface area contributed by atoms with E-state index >= 15 is 0 Å². The highest BCUT2D eigenvalue weighted by Gasteiger charge is 2.18. The number of hydrogen-bond donors (Lipinski definition) is 2. The molecule has 114 valence electrons. The summed E-state index contributed by atoms with van der Waals surface area (Å²) in [4.78, 5) is 11.7. The van der Waals surface area contributed by atoms with Crippen LogP contribution in [0.1, 0.15) is 47.5 Å². The molecular weight excluding hydrogens is 244 g/mol. The van der Waals surface area contributed by atoms with Gasteiger partial charge in [0.1, 0.15) is 5.60 Å². The van der Waals surface area contributed by atoms with Crippen LogP contribution in [0.25, 0.3) is 0 Å². The van der Waals surface area contributed by atoms with Gasteiger partial charge in [-0.2, -0.15) is 0 Å². The second-order valence-corrected chi connectivity index (χ2v) is 5.84. The van der Waals surface area contributed by atoms with Crippen molar-refractivity contribution in [3.8, 4) is 0 Å². The van der Waals surface area contributed by atoms with Crippen molar-refractivity contribution < 1.29 is 14.3 Å². The van der Waals surface area contributed by atoms with Gasteiger partial charge in [0.25, 0.3) is 0 Å². The molecule has 5 nitrogen and oxygen atoms in total. The largest absolute Gasteiger partial charge is 0.444 e. The molecule has 0 aromatic heterocycles. The number of nitrogens with one attached hydrogen (secondary N) is 2. The van der Waals surface area contributed by atoms with Gasteiger partial charge in [-0.05, 0) is 40.5 Å². The Bertz CT molecular complexity index is 252. The third-order valence-electron chi connectivity index (χ3n) is 2.68. The van der Waals surface area contributed by atoms with Gasteiger partial charge in [0.15, 0.2) is 0 Å². The Balaban J connectivity index is 3.97. The minimum Gasteiger partial charge on any atom is -0.444 e. The van der Waals surface area contributed by atoms with Gasteiger partial charge in [-0.3, -0.25) is 0 Å². The molecule has 0 saturated carbocycles. The average molecular weight is 274 g/mol. The van der Waals surface area contributed by atoms with Crippen molar-refractivity contribution in [3.63, 3.8) is 0 Å². The monoisotopic (exact) mass is 274 g/mol. The fourth-order valence-electron chi connectivity index (χ4n) is 1.51. The summed E-state index contributed by atoms with van der Waals surface area (Å²) in [5, 5.41) is 6.27. The third-order valence-corrected chi connectivity index (χ3v) is 2.68. The molecule has 1 amide bonds. The number of rotatable bonds is 8. The standard InChI is InChI=1S/C14H30N2O3/c1-7-12(10-15-11(2)8-9-18-6)16-13(17)19-14(3,4)5/h11-12,15H,7-10H2,1-6H3,(H,16,17). The summed E-state index contributed by atoms with van der Waals surface area (Å²) in [5.74, 6) is 0. The molecule has 0 saturated heterocycles. The molecule has 0 spiro atoms. The molecule has 2 unspecified atom stereocenters. The second kappa shape index (κ2) is 9.15. The maximum absolute atomic E-state index is 11.7. The number of amides is 1. The van der Waals surface area contributed by atoms with Crippen LogP contribution in [0, 0.1) is 0 Å². The highest BCUT2D eigenvalue weighted by atomic mass is 16.6. The van der Waals surface area contributed by atoms with Crippen LogP contribution < -0.4 is 10.6 Å². The van der Waals surface area contributed by atoms with Crippen molar-refractivity contribution in [1.82, 2.24) is 10.6 Å². The highest BCUT2D eigenvalue weighted by molar-refractivity contribution is 5.68. The van der Waals surface area contributed by atoms with Crippen molar-refractivity contribution in [2.45, 2.75) is 65.1 Å². The Labute approximate surface area is 117 Å². The summed E-state index contributed by atoms with van der Waals surface area (Å²) >= 11 is 0. The Morgan fingerprint density at radius 2 is 1.95 bits per heavy atom. The fraction of sp³-hybridized carbons (Fsp3) is 0.929. The van der Waals surface area contributed by atoms with E-state index in [1.54, 1.807) is 7.11 Å². The zero-order valence-corrected chi connectivity index (χ0v) is 13.2. The number of ether oxygens (including phenoxy) is 2. The maximum atomic E-state index is 11.7. The normalized spacial score (nSPS) is 14.8. The molecule has 0 bridgehead atoms. The number of hydrogen-bond acceptors (Lipinski definition) is 4. The van der Waals surface area contributed by atoms with E-state index in [2.05, 4.69) is 17.6 Å². The molecule has 0 aliphatic carbocycles. The lowest BCUT2D eigenvalue weighted by molar-refractivity contribution is 0.0501. The molecule has 5 heteroatoms. The van der Waals surface area contributed by atoms with Crippen molar-refractivity contribution in [2.75, 3.05) is 20.3 Å². The van der Waals surface area contributed by atoms with Gasteiger partial charge >= 0.3 is 6.09 Å². The first kappa shape index (κ1) is 18.2. The number of methoxy groups -OCH3 is 1. The van der Waals surface area contributed by atoms with Crippen LogP contribution in [0.2, 0.25) is 0 Å². The first-order valence-electron chi connectivity index (χ1n) is 7.00. The molecule has 2 atom stereocenters. The quantitative estimate of drug-likeness (QED) is 0.713. The molecule has 2 N–H and O–H groups in total. The highest BCUT2D eigenvalue weighted by Crippen LogP contribution is 2.07. The fourth-order valence-corrected chi connectivity index (χ4v) is 1.51. The number of alkyl carbamates (subject to hydrolysis) is 1. The van der Waals surface area contributed by atoms with Crippen LogP contribution in [0.15, 0.2) is 0 Å². The van der Waals surface area contributed by atoms with Crippen LogP contribution in [-0.4, -0.2) is 44.0 Å². The summed E-state index contributed by atoms with van der Waals surface area (Å²) < 4.78 is 10.3. The van der Waals surface area contributed by atoms with Gasteiger partial charge in [0.2, 0.25) is 0 Å². The van der Waals surface area contributed by atoms with E-state index in [9.17, 15) is 4.79 Å². The minimum absolute atomic E-state index is 0.0832. The number of carbonyl (C=O) groups excluding carboxylic acids is 1. The van der Waals surface area contributed by atoms with E-state index in [4.69, 9.17) is 9.47 Å². The lowest BCUT2D eigenvalue weighted by Crippen LogP contribution is -2.45. The van der Waals surface area contributed by atoms with Crippen molar-refractivity contribution in [3.05, 3.63) is 0 Å². The zero-order chi connectivity index (χ0) is 14.9. The van der Waals surface area contributed by atoms with E-state index in [0.29, 0.717) is 6.04 Å². The van der Waals surface area contributed by atoms with Crippen LogP contribution in [0.3, 0.4) is 0 Å². The second-order valence-electron chi connectivity index (χ2n) is 5.84. The predicted octanol–water partition coefficient (Wildman–Crippen LogP) is 2.30. The van der Waals surface area contributed by atoms with Gasteiger partial charge in [0, 0.05) is 32.3 Å². The molecule has 0 aromatic rings. The van der Waals surface area contributed by atoms with E-state index in [1.165, 1.54) is 0 Å². The van der Waals surface area contributed by atoms with E-state index in [1.807, 2.05) is 27.7 Å². The Hall–Kier alpha value is -0.810. The summed E-state index contributed by atoms with van der Waals surface area (Å²) in [6, 6.07) is 0.453. The van der Waals surface area contributed by atoms with Gasteiger partial charge in [-0.1, -0.05) is 6.92 Å². The SMILES string of the molecule is CCC(CNC(C)CCOC)NC(=O)OC(C)(C)C. The topological polar surface area (TPSA) is 59.6 Å². The lowest BCUT2D eigenvalue weighted by atomic mass is 10.2. The molecule has 19 heavy (non-hydrogen) atoms. The smallest absolute Gasteiger partial charge is 0.407 e. The molecule has 0 radical (unpaired) electrons. The summed E-state index contributed by atoms with van der Waals surface area (Å²) in [6.07, 6.45) is 1.47. The maximum Gasteiger partial charge on any atom is 0.407 e. The Kier molecular flexibility index (Phi) is 8.76. The summed E-state index contributed by atoms with van der Waals surface area (Å²) in [5.41, 5.74) is -0.457. The number of carbonyl (C=O) groups is 1. The van der Waals surface area contributed by atoms with Crippen LogP contribution >= 0.6 is 0 Å². The van der Waals surface area contributed by atoms with Gasteiger partial charge in [0.05, 0.1) is 0 Å². The van der Waals surface area contributed by atoms with Crippen LogP contribution in [-0.2, 0) is 9.47 Å². The third kappa shape index (κ3) is 10.8. The first-order valence-corrected chi connectivity index (χ1v) is 7.00. The molecule has 0 rings (SSSR count). The minimum atomic E-state index is -0.457. The Morgan fingerprint density at radius 3 is 2.42 bits per heavy atom. The van der Waals surface area contributed by atoms with Crippen LogP contribution in [0.4, 0.5) is 4.79 Å². The van der Waals surface area contributed by atoms with Gasteiger partial charge < -0.3 is 20.1 Å². The molecule has 0 aliphatic rings. The Morgan fingerprint density at radius 1 is 1.32 bits per heavy atom. The van der Waals surface area contributed by atoms with Crippen LogP contribution in [0.5, 0.6) is 0 Å². The van der Waals surface area contributed by atoms with Crippen molar-refractivity contribution >= 4 is 6.09 Å². The molecule has 0 aromatic carbocycles. The lowest BCUT2D eigenvalue weighted by Gasteiger charge is -2.24. The van der Waals surface area contributed by atoms with Crippen molar-refractivity contribution in [1.29, 1.82) is 0 Å². The summed E-state index contributed by atoms with van der Waals surface area (Å²) in [7, 11) is 1.70. The summed E-state index contributed by atoms with van der Waals surface area (Å²) in [6.45, 7) is 11.2. The average Bonchev–Trinajstić information content (AvgIpc) is 2.29. The van der Waals surface area contributed by atoms with E-state index in [-0.39, 0.29) is 12.1 Å². The molecule has 0 aliphatic heterocycles. The molecule has 0 heterocycles.